The van der Waals surface area contributed by atoms with Crippen molar-refractivity contribution in [3.05, 3.63) is 58.1 Å². The highest BCUT2D eigenvalue weighted by Gasteiger charge is 2.12. The predicted octanol–water partition coefficient (Wildman–Crippen LogP) is 4.18. The van der Waals surface area contributed by atoms with Crippen molar-refractivity contribution in [3.63, 3.8) is 0 Å². The quantitative estimate of drug-likeness (QED) is 0.737. The van der Waals surface area contributed by atoms with Gasteiger partial charge >= 0.3 is 0 Å². The Bertz CT molecular complexity index is 661. The van der Waals surface area contributed by atoms with Crippen molar-refractivity contribution in [2.24, 2.45) is 0 Å². The minimum Gasteiger partial charge on any atom is -0.493 e. The second-order valence-electron chi connectivity index (χ2n) is 5.28. The highest BCUT2D eigenvalue weighted by molar-refractivity contribution is 6.33. The number of ether oxygens (including phenoxy) is 3. The summed E-state index contributed by atoms with van der Waals surface area (Å²) in [6.45, 7) is 4.73. The molecule has 0 saturated carbocycles. The molecule has 0 spiro atoms. The van der Waals surface area contributed by atoms with E-state index in [4.69, 9.17) is 25.8 Å². The summed E-state index contributed by atoms with van der Waals surface area (Å²) in [6, 6.07) is 12.1. The third-order valence-corrected chi connectivity index (χ3v) is 4.19. The molecule has 0 fully saturated rings. The number of rotatable bonds is 9. The Morgan fingerprint density at radius 3 is 2.29 bits per heavy atom. The van der Waals surface area contributed by atoms with Gasteiger partial charge in [-0.15, -0.1) is 0 Å². The van der Waals surface area contributed by atoms with Crippen LogP contribution in [-0.4, -0.2) is 20.8 Å². The van der Waals surface area contributed by atoms with E-state index in [9.17, 15) is 0 Å². The standard InChI is InChI=1S/C19H24ClNO3/c1-4-24-13-16-8-6-5-7-14(16)11-21-12-15-9-10-17(22-2)19(23-3)18(15)20/h5-10,21H,4,11-13H2,1-3H3. The van der Waals surface area contributed by atoms with Crippen molar-refractivity contribution in [2.45, 2.75) is 26.6 Å². The smallest absolute Gasteiger partial charge is 0.179 e. The molecule has 0 aliphatic carbocycles. The van der Waals surface area contributed by atoms with Crippen molar-refractivity contribution in [1.29, 1.82) is 0 Å². The van der Waals surface area contributed by atoms with Gasteiger partial charge in [-0.05, 0) is 29.7 Å². The molecule has 0 saturated heterocycles. The molecule has 4 nitrogen and oxygen atoms in total. The zero-order valence-corrected chi connectivity index (χ0v) is 15.2. The van der Waals surface area contributed by atoms with E-state index in [2.05, 4.69) is 17.4 Å². The number of hydrogen-bond acceptors (Lipinski definition) is 4. The van der Waals surface area contributed by atoms with Crippen LogP contribution in [0, 0.1) is 0 Å². The van der Waals surface area contributed by atoms with E-state index in [1.54, 1.807) is 14.2 Å². The molecule has 0 aliphatic rings. The summed E-state index contributed by atoms with van der Waals surface area (Å²) in [5.41, 5.74) is 3.39. The Morgan fingerprint density at radius 2 is 1.62 bits per heavy atom. The third-order valence-electron chi connectivity index (χ3n) is 3.78. The van der Waals surface area contributed by atoms with Crippen LogP contribution < -0.4 is 14.8 Å². The van der Waals surface area contributed by atoms with E-state index in [0.29, 0.717) is 36.3 Å². The molecule has 5 heteroatoms. The number of halogens is 1. The summed E-state index contributed by atoms with van der Waals surface area (Å²) in [7, 11) is 3.19. The maximum absolute atomic E-state index is 6.41. The predicted molar refractivity (Wildman–Crippen MR) is 96.9 cm³/mol. The molecule has 2 rings (SSSR count). The monoisotopic (exact) mass is 349 g/mol. The highest BCUT2D eigenvalue weighted by atomic mass is 35.5. The summed E-state index contributed by atoms with van der Waals surface area (Å²) in [5.74, 6) is 1.20. The summed E-state index contributed by atoms with van der Waals surface area (Å²) in [6.07, 6.45) is 0. The molecule has 0 aliphatic heterocycles. The lowest BCUT2D eigenvalue weighted by atomic mass is 10.1. The Balaban J connectivity index is 2.02. The maximum Gasteiger partial charge on any atom is 0.179 e. The average molecular weight is 350 g/mol. The van der Waals surface area contributed by atoms with Crippen LogP contribution in [0.25, 0.3) is 0 Å². The van der Waals surface area contributed by atoms with Gasteiger partial charge < -0.3 is 19.5 Å². The molecule has 0 bridgehead atoms. The van der Waals surface area contributed by atoms with Gasteiger partial charge in [0.1, 0.15) is 0 Å². The Morgan fingerprint density at radius 1 is 0.917 bits per heavy atom. The minimum absolute atomic E-state index is 0.565. The van der Waals surface area contributed by atoms with Crippen molar-refractivity contribution in [3.8, 4) is 11.5 Å². The lowest BCUT2D eigenvalue weighted by Gasteiger charge is -2.14. The molecule has 2 aromatic carbocycles. The fourth-order valence-corrected chi connectivity index (χ4v) is 2.78. The van der Waals surface area contributed by atoms with E-state index in [1.165, 1.54) is 11.1 Å². The number of benzene rings is 2. The normalized spacial score (nSPS) is 10.7. The van der Waals surface area contributed by atoms with Crippen molar-refractivity contribution < 1.29 is 14.2 Å². The van der Waals surface area contributed by atoms with Crippen LogP contribution in [0.5, 0.6) is 11.5 Å². The Labute approximate surface area is 148 Å². The van der Waals surface area contributed by atoms with E-state index in [-0.39, 0.29) is 0 Å². The van der Waals surface area contributed by atoms with Crippen LogP contribution in [0.1, 0.15) is 23.6 Å². The molecule has 0 aromatic heterocycles. The van der Waals surface area contributed by atoms with Crippen molar-refractivity contribution >= 4 is 11.6 Å². The topological polar surface area (TPSA) is 39.7 Å². The lowest BCUT2D eigenvalue weighted by Crippen LogP contribution is -2.15. The van der Waals surface area contributed by atoms with Crippen molar-refractivity contribution in [1.82, 2.24) is 5.32 Å². The van der Waals surface area contributed by atoms with Crippen LogP contribution in [-0.2, 0) is 24.4 Å². The Hall–Kier alpha value is -1.75. The molecular formula is C19H24ClNO3. The van der Waals surface area contributed by atoms with Gasteiger partial charge in [0.25, 0.3) is 0 Å². The zero-order chi connectivity index (χ0) is 17.4. The van der Waals surface area contributed by atoms with Crippen LogP contribution >= 0.6 is 11.6 Å². The summed E-state index contributed by atoms with van der Waals surface area (Å²) in [4.78, 5) is 0. The average Bonchev–Trinajstić information content (AvgIpc) is 2.61. The highest BCUT2D eigenvalue weighted by Crippen LogP contribution is 2.37. The third kappa shape index (κ3) is 4.63. The van der Waals surface area contributed by atoms with E-state index >= 15 is 0 Å². The first-order valence-corrected chi connectivity index (χ1v) is 8.33. The van der Waals surface area contributed by atoms with Gasteiger partial charge in [-0.2, -0.15) is 0 Å². The Kier molecular flexibility index (Phi) is 7.37. The molecule has 0 atom stereocenters. The molecule has 0 unspecified atom stereocenters. The molecule has 130 valence electrons. The zero-order valence-electron chi connectivity index (χ0n) is 14.4. The largest absolute Gasteiger partial charge is 0.493 e. The molecule has 24 heavy (non-hydrogen) atoms. The van der Waals surface area contributed by atoms with Crippen LogP contribution in [0.2, 0.25) is 5.02 Å². The van der Waals surface area contributed by atoms with Crippen LogP contribution in [0.4, 0.5) is 0 Å². The fourth-order valence-electron chi connectivity index (χ4n) is 2.48. The first-order chi connectivity index (χ1) is 11.7. The van der Waals surface area contributed by atoms with Crippen LogP contribution in [0.3, 0.4) is 0 Å². The van der Waals surface area contributed by atoms with Gasteiger partial charge in [-0.1, -0.05) is 41.9 Å². The second kappa shape index (κ2) is 9.52. The van der Waals surface area contributed by atoms with E-state index in [1.807, 2.05) is 31.2 Å². The van der Waals surface area contributed by atoms with Gasteiger partial charge in [0, 0.05) is 19.7 Å². The number of methoxy groups -OCH3 is 2. The van der Waals surface area contributed by atoms with Crippen LogP contribution in [0.15, 0.2) is 36.4 Å². The molecule has 1 N–H and O–H groups in total. The summed E-state index contributed by atoms with van der Waals surface area (Å²) >= 11 is 6.41. The molecule has 0 heterocycles. The molecule has 2 aromatic rings. The minimum atomic E-state index is 0.565. The number of hydrogen-bond donors (Lipinski definition) is 1. The van der Waals surface area contributed by atoms with Gasteiger partial charge in [-0.25, -0.2) is 0 Å². The van der Waals surface area contributed by atoms with Crippen molar-refractivity contribution in [2.75, 3.05) is 20.8 Å². The van der Waals surface area contributed by atoms with Gasteiger partial charge in [0.05, 0.1) is 25.8 Å². The van der Waals surface area contributed by atoms with E-state index in [0.717, 1.165) is 12.1 Å². The van der Waals surface area contributed by atoms with E-state index < -0.39 is 0 Å². The second-order valence-corrected chi connectivity index (χ2v) is 5.66. The first-order valence-electron chi connectivity index (χ1n) is 7.95. The van der Waals surface area contributed by atoms with Gasteiger partial charge in [0.2, 0.25) is 0 Å². The van der Waals surface area contributed by atoms with Gasteiger partial charge in [-0.3, -0.25) is 0 Å². The lowest BCUT2D eigenvalue weighted by molar-refractivity contribution is 0.133. The maximum atomic E-state index is 6.41. The summed E-state index contributed by atoms with van der Waals surface area (Å²) < 4.78 is 16.1. The van der Waals surface area contributed by atoms with Gasteiger partial charge in [0.15, 0.2) is 11.5 Å². The molecular weight excluding hydrogens is 326 g/mol. The first kappa shape index (κ1) is 18.6. The molecule has 0 amide bonds. The fraction of sp³-hybridized carbons (Fsp3) is 0.368. The number of nitrogens with one attached hydrogen (secondary N) is 1. The molecule has 0 radical (unpaired) electrons. The summed E-state index contributed by atoms with van der Waals surface area (Å²) in [5, 5.41) is 4.00. The SMILES string of the molecule is CCOCc1ccccc1CNCc1ccc(OC)c(OC)c1Cl.